The van der Waals surface area contributed by atoms with Gasteiger partial charge in [0.2, 0.25) is 11.8 Å². The first-order valence-corrected chi connectivity index (χ1v) is 10.7. The topological polar surface area (TPSA) is 133 Å². The Morgan fingerprint density at radius 3 is 2.93 bits per heavy atom. The minimum absolute atomic E-state index is 0.0481. The predicted octanol–water partition coefficient (Wildman–Crippen LogP) is 2.38. The fourth-order valence-corrected chi connectivity index (χ4v) is 5.11. The van der Waals surface area contributed by atoms with Gasteiger partial charge in [-0.05, 0) is 27.7 Å². The summed E-state index contributed by atoms with van der Waals surface area (Å²) in [6, 6.07) is 0. The van der Waals surface area contributed by atoms with Crippen molar-refractivity contribution in [3.05, 3.63) is 6.33 Å². The van der Waals surface area contributed by atoms with Gasteiger partial charge < -0.3 is 15.2 Å². The maximum Gasteiger partial charge on any atom is 0.475 e. The van der Waals surface area contributed by atoms with Gasteiger partial charge >= 0.3 is 7.82 Å². The van der Waals surface area contributed by atoms with Crippen LogP contribution in [0.2, 0.25) is 0 Å². The number of halogens is 1. The first-order chi connectivity index (χ1) is 13.6. The predicted molar refractivity (Wildman–Crippen MR) is 99.0 cm³/mol. The monoisotopic (exact) mass is 431 g/mol. The minimum Gasteiger partial charge on any atom is -0.476 e. The Morgan fingerprint density at radius 1 is 1.48 bits per heavy atom. The first-order valence-electron chi connectivity index (χ1n) is 9.23. The van der Waals surface area contributed by atoms with Crippen LogP contribution >= 0.6 is 7.82 Å². The highest BCUT2D eigenvalue weighted by molar-refractivity contribution is 7.48. The standard InChI is InChI=1S/C16H23FN5O6P/c1-5-24-13-10-12(20-15(18)21-13)22(7-19-10)14-16(4,17)11-9(26-14)6-25-29(23,28-11)27-8(2)3/h7-9,11,14H,5-6H2,1-4H3,(H2,18,20,21)/t9-,11-,14-,16?,29+/m1/s1. The van der Waals surface area contributed by atoms with E-state index in [1.54, 1.807) is 20.8 Å². The van der Waals surface area contributed by atoms with E-state index in [0.717, 1.165) is 0 Å². The normalized spacial score (nSPS) is 34.6. The summed E-state index contributed by atoms with van der Waals surface area (Å²) < 4.78 is 57.2. The number of phosphoric ester groups is 1. The summed E-state index contributed by atoms with van der Waals surface area (Å²) in [5.74, 6) is 0.146. The number of hydrogen-bond acceptors (Lipinski definition) is 10. The molecule has 160 valence electrons. The van der Waals surface area contributed by atoms with E-state index in [4.69, 9.17) is 28.8 Å². The molecule has 0 amide bonds. The lowest BCUT2D eigenvalue weighted by Crippen LogP contribution is -2.45. The molecule has 0 saturated carbocycles. The summed E-state index contributed by atoms with van der Waals surface area (Å²) in [5, 5.41) is 0. The lowest BCUT2D eigenvalue weighted by Gasteiger charge is -2.34. The SMILES string of the molecule is CCOc1nc(N)nc2c1ncn2[C@@H]1O[C@@H]2CO[P@@](=O)(OC(C)C)O[C@H]2C1(C)F. The molecule has 0 aromatic carbocycles. The van der Waals surface area contributed by atoms with Crippen molar-refractivity contribution < 1.29 is 32.0 Å². The van der Waals surface area contributed by atoms with E-state index < -0.39 is 38.0 Å². The molecule has 2 fully saturated rings. The quantitative estimate of drug-likeness (QED) is 0.704. The second kappa shape index (κ2) is 7.13. The Bertz CT molecular complexity index is 969. The van der Waals surface area contributed by atoms with Crippen molar-refractivity contribution >= 4 is 24.9 Å². The van der Waals surface area contributed by atoms with Crippen LogP contribution in [0.5, 0.6) is 5.88 Å². The third kappa shape index (κ3) is 3.49. The number of alkyl halides is 1. The summed E-state index contributed by atoms with van der Waals surface area (Å²) in [6.45, 7) is 6.66. The van der Waals surface area contributed by atoms with Crippen LogP contribution < -0.4 is 10.5 Å². The molecule has 4 rings (SSSR count). The number of ether oxygens (including phenoxy) is 2. The van der Waals surface area contributed by atoms with Gasteiger partial charge in [-0.25, -0.2) is 13.9 Å². The molecule has 4 heterocycles. The molecule has 0 radical (unpaired) electrons. The third-order valence-corrected chi connectivity index (χ3v) is 6.23. The second-order valence-electron chi connectivity index (χ2n) is 7.25. The maximum atomic E-state index is 15.9. The Labute approximate surface area is 166 Å². The molecule has 0 aliphatic carbocycles. The summed E-state index contributed by atoms with van der Waals surface area (Å²) >= 11 is 0. The largest absolute Gasteiger partial charge is 0.476 e. The molecular weight excluding hydrogens is 408 g/mol. The van der Waals surface area contributed by atoms with Gasteiger partial charge in [0, 0.05) is 0 Å². The molecule has 2 aromatic rings. The molecule has 2 saturated heterocycles. The van der Waals surface area contributed by atoms with Crippen LogP contribution in [0.4, 0.5) is 10.3 Å². The zero-order valence-corrected chi connectivity index (χ0v) is 17.3. The molecule has 0 spiro atoms. The van der Waals surface area contributed by atoms with Gasteiger partial charge in [0.1, 0.15) is 12.2 Å². The Morgan fingerprint density at radius 2 is 2.24 bits per heavy atom. The summed E-state index contributed by atoms with van der Waals surface area (Å²) in [7, 11) is -3.91. The van der Waals surface area contributed by atoms with Crippen LogP contribution in [-0.2, 0) is 22.9 Å². The molecule has 13 heteroatoms. The van der Waals surface area contributed by atoms with Gasteiger partial charge in [0.25, 0.3) is 0 Å². The number of imidazole rings is 1. The highest BCUT2D eigenvalue weighted by Gasteiger charge is 2.61. The third-order valence-electron chi connectivity index (χ3n) is 4.60. The first kappa shape index (κ1) is 20.4. The highest BCUT2D eigenvalue weighted by atomic mass is 31.2. The molecular formula is C16H23FN5O6P. The average Bonchev–Trinajstić information content (AvgIpc) is 3.13. The van der Waals surface area contributed by atoms with E-state index >= 15 is 4.39 Å². The number of hydrogen-bond donors (Lipinski definition) is 1. The molecule has 2 aliphatic heterocycles. The van der Waals surface area contributed by atoms with Gasteiger partial charge in [-0.1, -0.05) is 0 Å². The lowest BCUT2D eigenvalue weighted by molar-refractivity contribution is -0.0733. The van der Waals surface area contributed by atoms with Crippen LogP contribution in [0.15, 0.2) is 6.33 Å². The Kier molecular flexibility index (Phi) is 5.02. The number of anilines is 1. The van der Waals surface area contributed by atoms with E-state index in [9.17, 15) is 4.57 Å². The zero-order chi connectivity index (χ0) is 21.0. The maximum absolute atomic E-state index is 15.9. The fraction of sp³-hybridized carbons (Fsp3) is 0.688. The Balaban J connectivity index is 1.70. The highest BCUT2D eigenvalue weighted by Crippen LogP contribution is 2.60. The zero-order valence-electron chi connectivity index (χ0n) is 16.4. The molecule has 11 nitrogen and oxygen atoms in total. The lowest BCUT2D eigenvalue weighted by atomic mass is 9.98. The minimum atomic E-state index is -3.91. The van der Waals surface area contributed by atoms with E-state index in [0.29, 0.717) is 12.1 Å². The van der Waals surface area contributed by atoms with Gasteiger partial charge in [-0.3, -0.25) is 18.1 Å². The van der Waals surface area contributed by atoms with Gasteiger partial charge in [-0.15, -0.1) is 0 Å². The van der Waals surface area contributed by atoms with Gasteiger partial charge in [0.15, 0.2) is 23.1 Å². The summed E-state index contributed by atoms with van der Waals surface area (Å²) in [6.07, 6.45) is -2.20. The van der Waals surface area contributed by atoms with Crippen LogP contribution in [0.25, 0.3) is 11.2 Å². The van der Waals surface area contributed by atoms with Gasteiger partial charge in [0.05, 0.1) is 25.6 Å². The van der Waals surface area contributed by atoms with E-state index in [1.807, 2.05) is 0 Å². The van der Waals surface area contributed by atoms with E-state index in [1.165, 1.54) is 17.8 Å². The second-order valence-corrected chi connectivity index (χ2v) is 8.82. The summed E-state index contributed by atoms with van der Waals surface area (Å²) in [5.41, 5.74) is 4.25. The molecule has 1 unspecified atom stereocenters. The summed E-state index contributed by atoms with van der Waals surface area (Å²) in [4.78, 5) is 12.4. The van der Waals surface area contributed by atoms with Crippen molar-refractivity contribution in [1.82, 2.24) is 19.5 Å². The van der Waals surface area contributed by atoms with Crippen molar-refractivity contribution in [3.8, 4) is 5.88 Å². The van der Waals surface area contributed by atoms with Crippen LogP contribution in [0.1, 0.15) is 33.9 Å². The van der Waals surface area contributed by atoms with E-state index in [-0.39, 0.29) is 24.1 Å². The average molecular weight is 431 g/mol. The number of fused-ring (bicyclic) bond motifs is 2. The molecule has 0 bridgehead atoms. The number of phosphoric acid groups is 1. The molecule has 2 aliphatic rings. The van der Waals surface area contributed by atoms with Crippen LogP contribution in [0, 0.1) is 0 Å². The number of nitrogens with two attached hydrogens (primary N) is 1. The van der Waals surface area contributed by atoms with Crippen molar-refractivity contribution in [2.45, 2.75) is 57.9 Å². The van der Waals surface area contributed by atoms with Crippen LogP contribution in [0.3, 0.4) is 0 Å². The van der Waals surface area contributed by atoms with Crippen molar-refractivity contribution in [1.29, 1.82) is 0 Å². The van der Waals surface area contributed by atoms with Crippen molar-refractivity contribution in [2.24, 2.45) is 0 Å². The van der Waals surface area contributed by atoms with Crippen molar-refractivity contribution in [2.75, 3.05) is 18.9 Å². The number of rotatable bonds is 5. The Hall–Kier alpha value is -1.85. The molecule has 5 atom stereocenters. The molecule has 2 aromatic heterocycles. The van der Waals surface area contributed by atoms with Crippen LogP contribution in [-0.4, -0.2) is 56.7 Å². The van der Waals surface area contributed by atoms with Crippen molar-refractivity contribution in [3.63, 3.8) is 0 Å². The van der Waals surface area contributed by atoms with E-state index in [2.05, 4.69) is 15.0 Å². The number of nitrogen functional groups attached to an aromatic ring is 1. The van der Waals surface area contributed by atoms with Gasteiger partial charge in [-0.2, -0.15) is 9.97 Å². The molecule has 2 N–H and O–H groups in total. The molecule has 29 heavy (non-hydrogen) atoms. The fourth-order valence-electron chi connectivity index (χ4n) is 3.47. The number of nitrogens with zero attached hydrogens (tertiary/aromatic N) is 4. The number of aromatic nitrogens is 4. The smallest absolute Gasteiger partial charge is 0.475 e.